The second-order valence-electron chi connectivity index (χ2n) is 5.89. The lowest BCUT2D eigenvalue weighted by atomic mass is 10.1. The first kappa shape index (κ1) is 15.8. The highest BCUT2D eigenvalue weighted by Crippen LogP contribution is 2.16. The number of carbonyl (C=O) groups is 1. The fourth-order valence-electron chi connectivity index (χ4n) is 2.83. The Hall–Kier alpha value is -1.55. The molecule has 21 heavy (non-hydrogen) atoms. The van der Waals surface area contributed by atoms with Gasteiger partial charge in [-0.05, 0) is 37.5 Å². The van der Waals surface area contributed by atoms with Crippen LogP contribution in [0.25, 0.3) is 0 Å². The summed E-state index contributed by atoms with van der Waals surface area (Å²) in [5.41, 5.74) is 1.98. The minimum atomic E-state index is -0.136. The highest BCUT2D eigenvalue weighted by Gasteiger charge is 2.10. The zero-order chi connectivity index (χ0) is 14.9. The van der Waals surface area contributed by atoms with Crippen LogP contribution in [0.1, 0.15) is 44.1 Å². The van der Waals surface area contributed by atoms with Gasteiger partial charge in [0.15, 0.2) is 0 Å². The Balaban J connectivity index is 1.60. The highest BCUT2D eigenvalue weighted by atomic mass is 16.2. The quantitative estimate of drug-likeness (QED) is 0.574. The van der Waals surface area contributed by atoms with Gasteiger partial charge in [-0.1, -0.05) is 37.8 Å². The van der Waals surface area contributed by atoms with E-state index in [0.29, 0.717) is 12.6 Å². The maximum atomic E-state index is 11.8. The molecule has 4 nitrogen and oxygen atoms in total. The van der Waals surface area contributed by atoms with Crippen molar-refractivity contribution in [1.82, 2.24) is 10.6 Å². The third-order valence-electron chi connectivity index (χ3n) is 3.97. The highest BCUT2D eigenvalue weighted by molar-refractivity contribution is 5.89. The van der Waals surface area contributed by atoms with E-state index in [0.717, 1.165) is 17.8 Å². The molecule has 4 heteroatoms. The van der Waals surface area contributed by atoms with E-state index in [4.69, 9.17) is 0 Å². The first-order valence-corrected chi connectivity index (χ1v) is 8.09. The number of anilines is 1. The van der Waals surface area contributed by atoms with Crippen molar-refractivity contribution in [2.45, 2.75) is 51.5 Å². The molecule has 0 aliphatic heterocycles. The molecule has 0 radical (unpaired) electrons. The molecule has 2 rings (SSSR count). The van der Waals surface area contributed by atoms with Crippen LogP contribution in [-0.4, -0.2) is 25.2 Å². The van der Waals surface area contributed by atoms with Gasteiger partial charge in [-0.2, -0.15) is 0 Å². The van der Waals surface area contributed by atoms with Crippen LogP contribution < -0.4 is 16.0 Å². The molecule has 0 heterocycles. The van der Waals surface area contributed by atoms with Crippen LogP contribution in [0.4, 0.5) is 10.5 Å². The molecule has 0 saturated heterocycles. The second-order valence-corrected chi connectivity index (χ2v) is 5.89. The maximum Gasteiger partial charge on any atom is 0.319 e. The number of benzene rings is 1. The summed E-state index contributed by atoms with van der Waals surface area (Å²) in [6.07, 6.45) is 7.95. The van der Waals surface area contributed by atoms with Crippen molar-refractivity contribution in [3.8, 4) is 0 Å². The third-order valence-corrected chi connectivity index (χ3v) is 3.97. The summed E-state index contributed by atoms with van der Waals surface area (Å²) in [7, 11) is 0. The summed E-state index contributed by atoms with van der Waals surface area (Å²) in [5, 5.41) is 9.29. The topological polar surface area (TPSA) is 53.2 Å². The number of carbonyl (C=O) groups excluding carboxylic acids is 1. The molecule has 3 N–H and O–H groups in total. The predicted molar refractivity (Wildman–Crippen MR) is 87.7 cm³/mol. The second kappa shape index (κ2) is 8.67. The standard InChI is InChI=1S/C17H27N3O/c1-14-7-6-10-16(13-14)20-17(21)19-12-11-18-15-8-4-2-3-5-9-15/h6-7,10,13,15,18H,2-5,8-9,11-12H2,1H3,(H2,19,20,21). The summed E-state index contributed by atoms with van der Waals surface area (Å²) < 4.78 is 0. The van der Waals surface area contributed by atoms with Gasteiger partial charge in [-0.15, -0.1) is 0 Å². The largest absolute Gasteiger partial charge is 0.337 e. The first-order chi connectivity index (χ1) is 10.2. The van der Waals surface area contributed by atoms with Crippen molar-refractivity contribution in [2.75, 3.05) is 18.4 Å². The lowest BCUT2D eigenvalue weighted by molar-refractivity contribution is 0.252. The molecule has 0 unspecified atom stereocenters. The van der Waals surface area contributed by atoms with Crippen LogP contribution in [-0.2, 0) is 0 Å². The van der Waals surface area contributed by atoms with Gasteiger partial charge in [0.1, 0.15) is 0 Å². The van der Waals surface area contributed by atoms with Crippen LogP contribution in [0.3, 0.4) is 0 Å². The average molecular weight is 289 g/mol. The van der Waals surface area contributed by atoms with E-state index in [1.165, 1.54) is 38.5 Å². The Labute approximate surface area is 127 Å². The average Bonchev–Trinajstić information content (AvgIpc) is 2.72. The van der Waals surface area contributed by atoms with Crippen molar-refractivity contribution in [3.63, 3.8) is 0 Å². The third kappa shape index (κ3) is 6.17. The van der Waals surface area contributed by atoms with Gasteiger partial charge in [0.05, 0.1) is 0 Å². The van der Waals surface area contributed by atoms with Gasteiger partial charge in [0.25, 0.3) is 0 Å². The van der Waals surface area contributed by atoms with Gasteiger partial charge in [-0.25, -0.2) is 4.79 Å². The minimum absolute atomic E-state index is 0.136. The number of rotatable bonds is 5. The van der Waals surface area contributed by atoms with Crippen molar-refractivity contribution >= 4 is 11.7 Å². The molecule has 0 bridgehead atoms. The molecule has 0 atom stereocenters. The molecule has 1 aromatic rings. The molecule has 1 aromatic carbocycles. The zero-order valence-electron chi connectivity index (χ0n) is 13.0. The lowest BCUT2D eigenvalue weighted by Gasteiger charge is -2.16. The van der Waals surface area contributed by atoms with E-state index in [1.54, 1.807) is 0 Å². The number of nitrogens with one attached hydrogen (secondary N) is 3. The summed E-state index contributed by atoms with van der Waals surface area (Å²) in [4.78, 5) is 11.8. The Morgan fingerprint density at radius 3 is 2.62 bits per heavy atom. The van der Waals surface area contributed by atoms with Crippen LogP contribution in [0.2, 0.25) is 0 Å². The molecular weight excluding hydrogens is 262 g/mol. The van der Waals surface area contributed by atoms with Crippen molar-refractivity contribution in [1.29, 1.82) is 0 Å². The molecule has 1 saturated carbocycles. The number of urea groups is 1. The van der Waals surface area contributed by atoms with E-state index in [1.807, 2.05) is 31.2 Å². The summed E-state index contributed by atoms with van der Waals surface area (Å²) in [6.45, 7) is 3.51. The van der Waals surface area contributed by atoms with Crippen LogP contribution in [0.15, 0.2) is 24.3 Å². The fraction of sp³-hybridized carbons (Fsp3) is 0.588. The number of hydrogen-bond donors (Lipinski definition) is 3. The molecule has 116 valence electrons. The monoisotopic (exact) mass is 289 g/mol. The van der Waals surface area contributed by atoms with Gasteiger partial charge >= 0.3 is 6.03 Å². The van der Waals surface area contributed by atoms with E-state index < -0.39 is 0 Å². The van der Waals surface area contributed by atoms with Crippen molar-refractivity contribution in [3.05, 3.63) is 29.8 Å². The van der Waals surface area contributed by atoms with Gasteiger partial charge in [-0.3, -0.25) is 0 Å². The fourth-order valence-corrected chi connectivity index (χ4v) is 2.83. The molecule has 2 amide bonds. The van der Waals surface area contributed by atoms with Gasteiger partial charge < -0.3 is 16.0 Å². The van der Waals surface area contributed by atoms with Gasteiger partial charge in [0, 0.05) is 24.8 Å². The molecular formula is C17H27N3O. The molecule has 1 aliphatic carbocycles. The zero-order valence-corrected chi connectivity index (χ0v) is 13.0. The van der Waals surface area contributed by atoms with Crippen LogP contribution in [0, 0.1) is 6.92 Å². The number of hydrogen-bond acceptors (Lipinski definition) is 2. The number of aryl methyl sites for hydroxylation is 1. The Morgan fingerprint density at radius 1 is 1.14 bits per heavy atom. The summed E-state index contributed by atoms with van der Waals surface area (Å²) >= 11 is 0. The molecule has 1 fully saturated rings. The Bertz CT molecular complexity index is 439. The lowest BCUT2D eigenvalue weighted by Crippen LogP contribution is -2.38. The van der Waals surface area contributed by atoms with E-state index in [9.17, 15) is 4.79 Å². The molecule has 1 aliphatic rings. The summed E-state index contributed by atoms with van der Waals surface area (Å²) in [6, 6.07) is 8.32. The van der Waals surface area contributed by atoms with E-state index in [2.05, 4.69) is 16.0 Å². The number of amides is 2. The minimum Gasteiger partial charge on any atom is -0.337 e. The summed E-state index contributed by atoms with van der Waals surface area (Å²) in [5.74, 6) is 0. The van der Waals surface area contributed by atoms with E-state index >= 15 is 0 Å². The smallest absolute Gasteiger partial charge is 0.319 e. The van der Waals surface area contributed by atoms with Crippen LogP contribution in [0.5, 0.6) is 0 Å². The molecule has 0 spiro atoms. The predicted octanol–water partition coefficient (Wildman–Crippen LogP) is 3.43. The van der Waals surface area contributed by atoms with Crippen LogP contribution >= 0.6 is 0 Å². The molecule has 0 aromatic heterocycles. The van der Waals surface area contributed by atoms with Gasteiger partial charge in [0.2, 0.25) is 0 Å². The van der Waals surface area contributed by atoms with Crippen molar-refractivity contribution in [2.24, 2.45) is 0 Å². The normalized spacial score (nSPS) is 16.2. The first-order valence-electron chi connectivity index (χ1n) is 8.09. The van der Waals surface area contributed by atoms with E-state index in [-0.39, 0.29) is 6.03 Å². The SMILES string of the molecule is Cc1cccc(NC(=O)NCCNC2CCCCCC2)c1. The Morgan fingerprint density at radius 2 is 1.90 bits per heavy atom. The van der Waals surface area contributed by atoms with Crippen molar-refractivity contribution < 1.29 is 4.79 Å². The Kier molecular flexibility index (Phi) is 6.54. The maximum absolute atomic E-state index is 11.8.